The number of halogens is 1. The summed E-state index contributed by atoms with van der Waals surface area (Å²) in [6, 6.07) is 14.9. The summed E-state index contributed by atoms with van der Waals surface area (Å²) in [6.07, 6.45) is 0.324. The lowest BCUT2D eigenvalue weighted by atomic mass is 10.1. The number of carbonyl (C=O) groups excluding carboxylic acids is 1. The van der Waals surface area contributed by atoms with Crippen LogP contribution in [0.3, 0.4) is 0 Å². The van der Waals surface area contributed by atoms with Gasteiger partial charge in [-0.25, -0.2) is 4.99 Å². The highest BCUT2D eigenvalue weighted by molar-refractivity contribution is 14.0. The van der Waals surface area contributed by atoms with Crippen LogP contribution in [0.4, 0.5) is 0 Å². The van der Waals surface area contributed by atoms with Crippen LogP contribution in [-0.2, 0) is 6.54 Å². The Labute approximate surface area is 214 Å². The van der Waals surface area contributed by atoms with Gasteiger partial charge in [0.05, 0.1) is 18.8 Å². The third-order valence-electron chi connectivity index (χ3n) is 4.59. The Hall–Kier alpha value is -2.33. The second-order valence-corrected chi connectivity index (χ2v) is 7.78. The first kappa shape index (κ1) is 28.7. The fourth-order valence-corrected chi connectivity index (χ4v) is 3.02. The SMILES string of the molecule is CCCNC(=O)c1cccc(CN=C(NCC)NCC(O)c2ccc(OC(C)C)cc2)c1.I. The van der Waals surface area contributed by atoms with Crippen LogP contribution < -0.4 is 20.7 Å². The fraction of sp³-hybridized carbons (Fsp3) is 0.440. The van der Waals surface area contributed by atoms with Crippen molar-refractivity contribution in [2.45, 2.75) is 52.9 Å². The van der Waals surface area contributed by atoms with Crippen molar-refractivity contribution in [3.05, 3.63) is 65.2 Å². The van der Waals surface area contributed by atoms with Gasteiger partial charge in [0, 0.05) is 25.2 Å². The van der Waals surface area contributed by atoms with Crippen molar-refractivity contribution in [1.82, 2.24) is 16.0 Å². The first-order valence-electron chi connectivity index (χ1n) is 11.3. The average Bonchev–Trinajstić information content (AvgIpc) is 2.79. The molecular formula is C25H37IN4O3. The van der Waals surface area contributed by atoms with Gasteiger partial charge in [-0.1, -0.05) is 31.2 Å². The van der Waals surface area contributed by atoms with Crippen molar-refractivity contribution >= 4 is 35.8 Å². The number of aliphatic hydroxyl groups is 1. The van der Waals surface area contributed by atoms with Gasteiger partial charge in [-0.05, 0) is 62.6 Å². The van der Waals surface area contributed by atoms with Crippen molar-refractivity contribution in [3.8, 4) is 5.75 Å². The van der Waals surface area contributed by atoms with Crippen LogP contribution in [0.2, 0.25) is 0 Å². The first-order valence-corrected chi connectivity index (χ1v) is 11.3. The summed E-state index contributed by atoms with van der Waals surface area (Å²) in [4.78, 5) is 16.8. The Balaban J connectivity index is 0.00000544. The number of carbonyl (C=O) groups is 1. The van der Waals surface area contributed by atoms with Crippen LogP contribution in [0.1, 0.15) is 61.7 Å². The summed E-state index contributed by atoms with van der Waals surface area (Å²) >= 11 is 0. The van der Waals surface area contributed by atoms with Crippen LogP contribution in [0, 0.1) is 0 Å². The van der Waals surface area contributed by atoms with Crippen molar-refractivity contribution in [3.63, 3.8) is 0 Å². The number of rotatable bonds is 11. The molecule has 0 heterocycles. The maximum atomic E-state index is 12.2. The highest BCUT2D eigenvalue weighted by Crippen LogP contribution is 2.18. The third kappa shape index (κ3) is 10.4. The van der Waals surface area contributed by atoms with E-state index in [1.54, 1.807) is 6.07 Å². The van der Waals surface area contributed by atoms with Crippen LogP contribution in [0.25, 0.3) is 0 Å². The lowest BCUT2D eigenvalue weighted by molar-refractivity contribution is 0.0953. The number of aliphatic imine (C=N–C) groups is 1. The topological polar surface area (TPSA) is 95.0 Å². The van der Waals surface area contributed by atoms with E-state index in [-0.39, 0.29) is 36.0 Å². The molecule has 7 nitrogen and oxygen atoms in total. The highest BCUT2D eigenvalue weighted by Gasteiger charge is 2.10. The molecule has 0 aromatic heterocycles. The van der Waals surface area contributed by atoms with E-state index in [1.165, 1.54) is 0 Å². The van der Waals surface area contributed by atoms with Crippen LogP contribution in [0.5, 0.6) is 5.75 Å². The minimum absolute atomic E-state index is 0. The number of benzene rings is 2. The summed E-state index contributed by atoms with van der Waals surface area (Å²) in [5.41, 5.74) is 2.37. The van der Waals surface area contributed by atoms with Crippen molar-refractivity contribution in [2.24, 2.45) is 4.99 Å². The molecule has 1 amide bonds. The van der Waals surface area contributed by atoms with Gasteiger partial charge in [0.1, 0.15) is 5.75 Å². The maximum absolute atomic E-state index is 12.2. The zero-order valence-corrected chi connectivity index (χ0v) is 22.3. The molecule has 0 bridgehead atoms. The van der Waals surface area contributed by atoms with Crippen LogP contribution in [-0.4, -0.2) is 42.7 Å². The van der Waals surface area contributed by atoms with E-state index in [4.69, 9.17) is 4.74 Å². The summed E-state index contributed by atoms with van der Waals surface area (Å²) < 4.78 is 5.64. The largest absolute Gasteiger partial charge is 0.491 e. The predicted molar refractivity (Wildman–Crippen MR) is 144 cm³/mol. The molecule has 182 valence electrons. The number of nitrogens with zero attached hydrogens (tertiary/aromatic N) is 1. The number of hydrogen-bond donors (Lipinski definition) is 4. The third-order valence-corrected chi connectivity index (χ3v) is 4.59. The molecule has 8 heteroatoms. The van der Waals surface area contributed by atoms with Gasteiger partial charge in [-0.3, -0.25) is 4.79 Å². The Kier molecular flexibility index (Phi) is 13.5. The molecule has 2 aromatic carbocycles. The summed E-state index contributed by atoms with van der Waals surface area (Å²) in [6.45, 7) is 10.1. The monoisotopic (exact) mass is 568 g/mol. The highest BCUT2D eigenvalue weighted by atomic mass is 127. The molecule has 0 aliphatic heterocycles. The predicted octanol–water partition coefficient (Wildman–Crippen LogP) is 4.02. The molecule has 1 unspecified atom stereocenters. The van der Waals surface area contributed by atoms with Crippen LogP contribution in [0.15, 0.2) is 53.5 Å². The molecule has 0 radical (unpaired) electrons. The lowest BCUT2D eigenvalue weighted by Gasteiger charge is -2.16. The standard InChI is InChI=1S/C25H36N4O3.HI/c1-5-14-27-24(31)21-9-7-8-19(15-21)16-28-25(26-6-2)29-17-23(30)20-10-12-22(13-11-20)32-18(3)4;/h7-13,15,18,23,30H,5-6,14,16-17H2,1-4H3,(H,27,31)(H2,26,28,29);1H. The van der Waals surface area contributed by atoms with Crippen molar-refractivity contribution in [2.75, 3.05) is 19.6 Å². The van der Waals surface area contributed by atoms with Crippen LogP contribution >= 0.6 is 24.0 Å². The van der Waals surface area contributed by atoms with Crippen molar-refractivity contribution < 1.29 is 14.6 Å². The minimum Gasteiger partial charge on any atom is -0.491 e. The fourth-order valence-electron chi connectivity index (χ4n) is 3.02. The summed E-state index contributed by atoms with van der Waals surface area (Å²) in [7, 11) is 0. The number of guanidine groups is 1. The number of hydrogen-bond acceptors (Lipinski definition) is 4. The number of aliphatic hydroxyl groups excluding tert-OH is 1. The quantitative estimate of drug-likeness (QED) is 0.187. The smallest absolute Gasteiger partial charge is 0.251 e. The van der Waals surface area contributed by atoms with Gasteiger partial charge in [0.15, 0.2) is 5.96 Å². The van der Waals surface area contributed by atoms with Crippen molar-refractivity contribution in [1.29, 1.82) is 0 Å². The Morgan fingerprint density at radius 3 is 2.42 bits per heavy atom. The zero-order valence-electron chi connectivity index (χ0n) is 19.9. The van der Waals surface area contributed by atoms with Gasteiger partial charge < -0.3 is 25.8 Å². The molecule has 0 spiro atoms. The second kappa shape index (κ2) is 15.5. The van der Waals surface area contributed by atoms with E-state index in [1.807, 2.05) is 70.2 Å². The molecule has 0 fully saturated rings. The van der Waals surface area contributed by atoms with E-state index in [0.717, 1.165) is 23.3 Å². The first-order chi connectivity index (χ1) is 15.4. The van der Waals surface area contributed by atoms with E-state index >= 15 is 0 Å². The molecule has 0 aliphatic carbocycles. The summed E-state index contributed by atoms with van der Waals surface area (Å²) in [5.74, 6) is 1.31. The van der Waals surface area contributed by atoms with Gasteiger partial charge in [-0.15, -0.1) is 24.0 Å². The van der Waals surface area contributed by atoms with Gasteiger partial charge in [0.2, 0.25) is 0 Å². The van der Waals surface area contributed by atoms with Gasteiger partial charge >= 0.3 is 0 Å². The van der Waals surface area contributed by atoms with Gasteiger partial charge in [0.25, 0.3) is 5.91 Å². The normalized spacial score (nSPS) is 12.0. The number of ether oxygens (including phenoxy) is 1. The molecule has 2 rings (SSSR count). The lowest BCUT2D eigenvalue weighted by Crippen LogP contribution is -2.39. The summed E-state index contributed by atoms with van der Waals surface area (Å²) in [5, 5.41) is 19.8. The van der Waals surface area contributed by atoms with E-state index in [0.29, 0.717) is 37.7 Å². The molecule has 2 aromatic rings. The minimum atomic E-state index is -0.683. The molecule has 0 saturated heterocycles. The van der Waals surface area contributed by atoms with E-state index in [2.05, 4.69) is 20.9 Å². The molecule has 1 atom stereocenters. The molecule has 4 N–H and O–H groups in total. The maximum Gasteiger partial charge on any atom is 0.251 e. The Bertz CT molecular complexity index is 872. The second-order valence-electron chi connectivity index (χ2n) is 7.78. The Morgan fingerprint density at radius 1 is 1.06 bits per heavy atom. The van der Waals surface area contributed by atoms with Gasteiger partial charge in [-0.2, -0.15) is 0 Å². The number of amides is 1. The molecule has 33 heavy (non-hydrogen) atoms. The number of nitrogens with one attached hydrogen (secondary N) is 3. The average molecular weight is 569 g/mol. The van der Waals surface area contributed by atoms with E-state index in [9.17, 15) is 9.90 Å². The molecule has 0 saturated carbocycles. The zero-order chi connectivity index (χ0) is 23.3. The Morgan fingerprint density at radius 2 is 1.79 bits per heavy atom. The molecule has 0 aliphatic rings. The van der Waals surface area contributed by atoms with E-state index < -0.39 is 6.10 Å². The molecular weight excluding hydrogens is 531 g/mol.